The fraction of sp³-hybridized carbons (Fsp3) is 0.286. The first-order valence-corrected chi connectivity index (χ1v) is 9.33. The van der Waals surface area contributed by atoms with Crippen LogP contribution in [0.4, 0.5) is 13.2 Å². The third-order valence-corrected chi connectivity index (χ3v) is 5.03. The number of rotatable bonds is 4. The standard InChI is InChI=1S/C21H18F3N3O2/c22-15-7-2-1-6-14(15)20-25-18(29-26-20)11-13-5-4-10-27(12-13)21(28)19-16(23)8-3-9-17(19)24/h1-3,6-9,13H,4-5,10-12H2. The number of benzene rings is 2. The van der Waals surface area contributed by atoms with E-state index >= 15 is 0 Å². The van der Waals surface area contributed by atoms with Crippen molar-refractivity contribution in [1.29, 1.82) is 0 Å². The van der Waals surface area contributed by atoms with Gasteiger partial charge in [0.1, 0.15) is 23.0 Å². The molecule has 2 heterocycles. The minimum Gasteiger partial charge on any atom is -0.339 e. The Kier molecular flexibility index (Phi) is 5.33. The van der Waals surface area contributed by atoms with Crippen molar-refractivity contribution in [1.82, 2.24) is 15.0 Å². The molecule has 1 fully saturated rings. The van der Waals surface area contributed by atoms with E-state index in [9.17, 15) is 18.0 Å². The van der Waals surface area contributed by atoms with Crippen molar-refractivity contribution in [2.45, 2.75) is 19.3 Å². The maximum absolute atomic E-state index is 13.9. The summed E-state index contributed by atoms with van der Waals surface area (Å²) in [6.07, 6.45) is 1.90. The monoisotopic (exact) mass is 401 g/mol. The molecule has 1 saturated heterocycles. The van der Waals surface area contributed by atoms with E-state index in [-0.39, 0.29) is 17.3 Å². The van der Waals surface area contributed by atoms with Crippen LogP contribution in [-0.2, 0) is 6.42 Å². The molecule has 3 aromatic rings. The molecule has 1 aliphatic heterocycles. The molecular weight excluding hydrogens is 383 g/mol. The van der Waals surface area contributed by atoms with Crippen molar-refractivity contribution in [3.05, 3.63) is 71.4 Å². The normalized spacial score (nSPS) is 16.8. The number of halogens is 3. The second kappa shape index (κ2) is 8.06. The van der Waals surface area contributed by atoms with E-state index in [4.69, 9.17) is 4.52 Å². The van der Waals surface area contributed by atoms with E-state index in [1.165, 1.54) is 17.0 Å². The van der Waals surface area contributed by atoms with Crippen LogP contribution in [0.15, 0.2) is 47.0 Å². The lowest BCUT2D eigenvalue weighted by Crippen LogP contribution is -2.41. The Morgan fingerprint density at radius 3 is 2.55 bits per heavy atom. The van der Waals surface area contributed by atoms with Crippen LogP contribution in [0.2, 0.25) is 0 Å². The number of piperidine rings is 1. The predicted octanol–water partition coefficient (Wildman–Crippen LogP) is 4.25. The largest absolute Gasteiger partial charge is 0.339 e. The molecule has 1 unspecified atom stereocenters. The summed E-state index contributed by atoms with van der Waals surface area (Å²) in [7, 11) is 0. The van der Waals surface area contributed by atoms with E-state index in [0.29, 0.717) is 31.8 Å². The van der Waals surface area contributed by atoms with E-state index in [0.717, 1.165) is 18.6 Å². The molecule has 0 radical (unpaired) electrons. The van der Waals surface area contributed by atoms with Crippen LogP contribution in [0, 0.1) is 23.4 Å². The van der Waals surface area contributed by atoms with Gasteiger partial charge in [-0.2, -0.15) is 4.98 Å². The van der Waals surface area contributed by atoms with Crippen LogP contribution in [0.3, 0.4) is 0 Å². The Bertz CT molecular complexity index is 1020. The summed E-state index contributed by atoms with van der Waals surface area (Å²) in [6, 6.07) is 9.50. The van der Waals surface area contributed by atoms with Crippen molar-refractivity contribution >= 4 is 5.91 Å². The number of carbonyl (C=O) groups is 1. The molecule has 1 aliphatic rings. The molecule has 0 saturated carbocycles. The summed E-state index contributed by atoms with van der Waals surface area (Å²) in [5.41, 5.74) is -0.286. The van der Waals surface area contributed by atoms with Gasteiger partial charge in [0.2, 0.25) is 11.7 Å². The van der Waals surface area contributed by atoms with Gasteiger partial charge in [0, 0.05) is 19.5 Å². The number of hydrogen-bond acceptors (Lipinski definition) is 4. The Hall–Kier alpha value is -3.16. The molecule has 0 bridgehead atoms. The summed E-state index contributed by atoms with van der Waals surface area (Å²) in [5, 5.41) is 3.83. The summed E-state index contributed by atoms with van der Waals surface area (Å²) in [4.78, 5) is 18.3. The highest BCUT2D eigenvalue weighted by molar-refractivity contribution is 5.94. The molecule has 0 aliphatic carbocycles. The quantitative estimate of drug-likeness (QED) is 0.656. The predicted molar refractivity (Wildman–Crippen MR) is 98.4 cm³/mol. The van der Waals surface area contributed by atoms with Gasteiger partial charge in [-0.05, 0) is 43.0 Å². The molecule has 0 N–H and O–H groups in total. The number of carbonyl (C=O) groups excluding carboxylic acids is 1. The van der Waals surface area contributed by atoms with Crippen LogP contribution < -0.4 is 0 Å². The molecule has 1 aromatic heterocycles. The Balaban J connectivity index is 1.46. The number of nitrogens with zero attached hydrogens (tertiary/aromatic N) is 3. The first-order valence-electron chi connectivity index (χ1n) is 9.33. The highest BCUT2D eigenvalue weighted by atomic mass is 19.1. The molecule has 1 amide bonds. The summed E-state index contributed by atoms with van der Waals surface area (Å²) in [5.74, 6) is -2.36. The Morgan fingerprint density at radius 1 is 1.07 bits per heavy atom. The highest BCUT2D eigenvalue weighted by Gasteiger charge is 2.29. The highest BCUT2D eigenvalue weighted by Crippen LogP contribution is 2.25. The van der Waals surface area contributed by atoms with E-state index in [2.05, 4.69) is 10.1 Å². The summed E-state index contributed by atoms with van der Waals surface area (Å²) in [6.45, 7) is 0.747. The SMILES string of the molecule is O=C(c1c(F)cccc1F)N1CCCC(Cc2nc(-c3ccccc3F)no2)C1. The second-order valence-corrected chi connectivity index (χ2v) is 7.05. The van der Waals surface area contributed by atoms with Gasteiger partial charge in [0.25, 0.3) is 5.91 Å². The minimum atomic E-state index is -0.872. The van der Waals surface area contributed by atoms with Crippen LogP contribution in [-0.4, -0.2) is 34.0 Å². The van der Waals surface area contributed by atoms with Gasteiger partial charge in [-0.15, -0.1) is 0 Å². The summed E-state index contributed by atoms with van der Waals surface area (Å²) >= 11 is 0. The third-order valence-electron chi connectivity index (χ3n) is 5.03. The van der Waals surface area contributed by atoms with Crippen molar-refractivity contribution < 1.29 is 22.5 Å². The number of hydrogen-bond donors (Lipinski definition) is 0. The van der Waals surface area contributed by atoms with Crippen LogP contribution in [0.1, 0.15) is 29.1 Å². The lowest BCUT2D eigenvalue weighted by Gasteiger charge is -2.32. The molecular formula is C21H18F3N3O2. The zero-order chi connectivity index (χ0) is 20.4. The maximum atomic E-state index is 13.9. The van der Waals surface area contributed by atoms with Crippen LogP contribution >= 0.6 is 0 Å². The average Bonchev–Trinajstić information content (AvgIpc) is 3.16. The van der Waals surface area contributed by atoms with Crippen molar-refractivity contribution in [2.24, 2.45) is 5.92 Å². The first kappa shape index (κ1) is 19.2. The van der Waals surface area contributed by atoms with E-state index in [1.807, 2.05) is 0 Å². The smallest absolute Gasteiger partial charge is 0.259 e. The number of likely N-dealkylation sites (tertiary alicyclic amines) is 1. The van der Waals surface area contributed by atoms with E-state index in [1.54, 1.807) is 18.2 Å². The lowest BCUT2D eigenvalue weighted by molar-refractivity contribution is 0.0658. The van der Waals surface area contributed by atoms with Crippen molar-refractivity contribution in [3.63, 3.8) is 0 Å². The van der Waals surface area contributed by atoms with Gasteiger partial charge in [-0.25, -0.2) is 13.2 Å². The maximum Gasteiger partial charge on any atom is 0.259 e. The third kappa shape index (κ3) is 4.01. The number of amides is 1. The lowest BCUT2D eigenvalue weighted by atomic mass is 9.94. The zero-order valence-electron chi connectivity index (χ0n) is 15.4. The Labute approximate surface area is 165 Å². The summed E-state index contributed by atoms with van der Waals surface area (Å²) < 4.78 is 47.0. The number of aromatic nitrogens is 2. The topological polar surface area (TPSA) is 59.2 Å². The molecule has 150 valence electrons. The van der Waals surface area contributed by atoms with E-state index < -0.39 is 28.9 Å². The van der Waals surface area contributed by atoms with Crippen LogP contribution in [0.5, 0.6) is 0 Å². The van der Waals surface area contributed by atoms with Gasteiger partial charge >= 0.3 is 0 Å². The molecule has 5 nitrogen and oxygen atoms in total. The molecule has 2 aromatic carbocycles. The minimum absolute atomic E-state index is 0.00328. The first-order chi connectivity index (χ1) is 14.0. The molecule has 4 rings (SSSR count). The second-order valence-electron chi connectivity index (χ2n) is 7.05. The van der Waals surface area contributed by atoms with Gasteiger partial charge in [0.05, 0.1) is 5.56 Å². The molecule has 29 heavy (non-hydrogen) atoms. The van der Waals surface area contributed by atoms with Gasteiger partial charge < -0.3 is 9.42 Å². The van der Waals surface area contributed by atoms with Gasteiger partial charge in [-0.3, -0.25) is 4.79 Å². The fourth-order valence-corrected chi connectivity index (χ4v) is 3.61. The van der Waals surface area contributed by atoms with Crippen LogP contribution in [0.25, 0.3) is 11.4 Å². The zero-order valence-corrected chi connectivity index (χ0v) is 15.4. The molecule has 8 heteroatoms. The van der Waals surface area contributed by atoms with Crippen molar-refractivity contribution in [2.75, 3.05) is 13.1 Å². The van der Waals surface area contributed by atoms with Gasteiger partial charge in [-0.1, -0.05) is 23.4 Å². The van der Waals surface area contributed by atoms with Gasteiger partial charge in [0.15, 0.2) is 0 Å². The Morgan fingerprint density at radius 2 is 1.79 bits per heavy atom. The molecule has 0 spiro atoms. The van der Waals surface area contributed by atoms with Crippen molar-refractivity contribution in [3.8, 4) is 11.4 Å². The fourth-order valence-electron chi connectivity index (χ4n) is 3.61. The average molecular weight is 401 g/mol. The molecule has 1 atom stereocenters.